The maximum atomic E-state index is 13.0. The molecular weight excluding hydrogens is 388 g/mol. The van der Waals surface area contributed by atoms with Gasteiger partial charge in [-0.2, -0.15) is 0 Å². The smallest absolute Gasteiger partial charge is 0.419 e. The van der Waals surface area contributed by atoms with Crippen molar-refractivity contribution in [3.05, 3.63) is 35.7 Å². The highest BCUT2D eigenvalue weighted by molar-refractivity contribution is 6.17. The first-order valence-corrected chi connectivity index (χ1v) is 9.62. The highest BCUT2D eigenvalue weighted by Crippen LogP contribution is 2.38. The first-order valence-electron chi connectivity index (χ1n) is 9.62. The Morgan fingerprint density at radius 1 is 1.17 bits per heavy atom. The molecule has 0 atom stereocenters. The Hall–Kier alpha value is -3.13. The van der Waals surface area contributed by atoms with E-state index in [1.165, 1.54) is 23.9 Å². The van der Waals surface area contributed by atoms with Crippen molar-refractivity contribution in [2.24, 2.45) is 0 Å². The number of esters is 1. The first-order chi connectivity index (χ1) is 14.0. The number of pyridine rings is 1. The summed E-state index contributed by atoms with van der Waals surface area (Å²) in [6.45, 7) is 8.83. The van der Waals surface area contributed by atoms with Gasteiger partial charge < -0.3 is 19.3 Å². The van der Waals surface area contributed by atoms with Crippen LogP contribution in [0, 0.1) is 0 Å². The van der Waals surface area contributed by atoms with Crippen LogP contribution in [0.4, 0.5) is 4.79 Å². The number of nitrogens with zero attached hydrogens (tertiary/aromatic N) is 2. The Balaban J connectivity index is 2.39. The third kappa shape index (κ3) is 3.95. The van der Waals surface area contributed by atoms with Gasteiger partial charge in [0.2, 0.25) is 0 Å². The van der Waals surface area contributed by atoms with Crippen molar-refractivity contribution in [2.45, 2.75) is 52.9 Å². The van der Waals surface area contributed by atoms with E-state index in [1.807, 2.05) is 0 Å². The molecule has 0 aliphatic carbocycles. The van der Waals surface area contributed by atoms with E-state index in [1.54, 1.807) is 46.8 Å². The molecule has 8 heteroatoms. The SMILES string of the molecule is COCc1c(C(=O)OC(C)C)ncc2c1c1c(O)cccc1n2C(=O)OC(C)(C)C. The van der Waals surface area contributed by atoms with Gasteiger partial charge in [0.05, 0.1) is 35.3 Å². The van der Waals surface area contributed by atoms with Gasteiger partial charge in [-0.05, 0) is 46.8 Å². The Kier molecular flexibility index (Phi) is 5.72. The van der Waals surface area contributed by atoms with Gasteiger partial charge in [0, 0.05) is 18.1 Å². The van der Waals surface area contributed by atoms with E-state index in [9.17, 15) is 14.7 Å². The predicted octanol–water partition coefficient (Wildman–Crippen LogP) is 4.39. The number of carbonyl (C=O) groups is 2. The molecule has 0 spiro atoms. The highest BCUT2D eigenvalue weighted by Gasteiger charge is 2.28. The summed E-state index contributed by atoms with van der Waals surface area (Å²) < 4.78 is 17.5. The zero-order chi connectivity index (χ0) is 22.2. The quantitative estimate of drug-likeness (QED) is 0.632. The van der Waals surface area contributed by atoms with Crippen molar-refractivity contribution in [2.75, 3.05) is 7.11 Å². The van der Waals surface area contributed by atoms with E-state index in [2.05, 4.69) is 4.98 Å². The van der Waals surface area contributed by atoms with Gasteiger partial charge >= 0.3 is 12.1 Å². The third-order valence-corrected chi connectivity index (χ3v) is 4.31. The lowest BCUT2D eigenvalue weighted by Gasteiger charge is -2.20. The molecule has 2 aromatic heterocycles. The predicted molar refractivity (Wildman–Crippen MR) is 112 cm³/mol. The lowest BCUT2D eigenvalue weighted by Crippen LogP contribution is -2.27. The summed E-state index contributed by atoms with van der Waals surface area (Å²) in [7, 11) is 1.49. The number of phenols is 1. The topological polar surface area (TPSA) is 99.9 Å². The van der Waals surface area contributed by atoms with E-state index in [0.29, 0.717) is 27.4 Å². The molecule has 3 aromatic rings. The van der Waals surface area contributed by atoms with Crippen LogP contribution in [0.15, 0.2) is 24.4 Å². The molecule has 0 bridgehead atoms. The molecule has 0 fully saturated rings. The molecule has 0 amide bonds. The molecule has 160 valence electrons. The van der Waals surface area contributed by atoms with Crippen LogP contribution in [0.3, 0.4) is 0 Å². The largest absolute Gasteiger partial charge is 0.507 e. The lowest BCUT2D eigenvalue weighted by atomic mass is 10.1. The van der Waals surface area contributed by atoms with Gasteiger partial charge in [-0.1, -0.05) is 6.07 Å². The maximum absolute atomic E-state index is 13.0. The monoisotopic (exact) mass is 414 g/mol. The number of benzene rings is 1. The second kappa shape index (κ2) is 7.95. The summed E-state index contributed by atoms with van der Waals surface area (Å²) >= 11 is 0. The zero-order valence-electron chi connectivity index (χ0n) is 18.0. The van der Waals surface area contributed by atoms with E-state index < -0.39 is 17.7 Å². The molecule has 0 aliphatic heterocycles. The molecule has 0 saturated carbocycles. The average molecular weight is 414 g/mol. The number of hydrogen-bond acceptors (Lipinski definition) is 7. The number of ether oxygens (including phenoxy) is 3. The molecule has 2 heterocycles. The molecule has 8 nitrogen and oxygen atoms in total. The lowest BCUT2D eigenvalue weighted by molar-refractivity contribution is 0.0366. The number of hydrogen-bond donors (Lipinski definition) is 1. The summed E-state index contributed by atoms with van der Waals surface area (Å²) in [6, 6.07) is 4.85. The van der Waals surface area contributed by atoms with Gasteiger partial charge in [-0.3, -0.25) is 0 Å². The minimum absolute atomic E-state index is 0.0356. The van der Waals surface area contributed by atoms with Crippen molar-refractivity contribution in [1.29, 1.82) is 0 Å². The van der Waals surface area contributed by atoms with E-state index in [-0.39, 0.29) is 24.2 Å². The number of methoxy groups -OCH3 is 1. The van der Waals surface area contributed by atoms with Gasteiger partial charge in [0.15, 0.2) is 5.69 Å². The van der Waals surface area contributed by atoms with Gasteiger partial charge in [-0.15, -0.1) is 0 Å². The number of carbonyl (C=O) groups excluding carboxylic acids is 2. The summed E-state index contributed by atoms with van der Waals surface area (Å²) in [5, 5.41) is 11.5. The normalized spacial score (nSPS) is 12.0. The minimum atomic E-state index is -0.722. The molecule has 0 saturated heterocycles. The number of rotatable bonds is 4. The van der Waals surface area contributed by atoms with E-state index >= 15 is 0 Å². The fourth-order valence-electron chi connectivity index (χ4n) is 3.33. The van der Waals surface area contributed by atoms with Crippen LogP contribution in [0.25, 0.3) is 21.8 Å². The van der Waals surface area contributed by atoms with Crippen LogP contribution >= 0.6 is 0 Å². The second-order valence-corrected chi connectivity index (χ2v) is 8.22. The second-order valence-electron chi connectivity index (χ2n) is 8.22. The molecule has 1 aromatic carbocycles. The Labute approximate surface area is 174 Å². The molecule has 30 heavy (non-hydrogen) atoms. The van der Waals surface area contributed by atoms with Crippen molar-refractivity contribution in [3.63, 3.8) is 0 Å². The molecule has 0 radical (unpaired) electrons. The van der Waals surface area contributed by atoms with Crippen LogP contribution in [-0.2, 0) is 20.8 Å². The van der Waals surface area contributed by atoms with Crippen LogP contribution in [-0.4, -0.2) is 45.5 Å². The fraction of sp³-hybridized carbons (Fsp3) is 0.409. The first kappa shape index (κ1) is 21.6. The van der Waals surface area contributed by atoms with Crippen LogP contribution in [0.5, 0.6) is 5.75 Å². The fourth-order valence-corrected chi connectivity index (χ4v) is 3.33. The zero-order valence-corrected chi connectivity index (χ0v) is 18.0. The summed E-state index contributed by atoms with van der Waals surface area (Å²) in [4.78, 5) is 29.9. The summed E-state index contributed by atoms with van der Waals surface area (Å²) in [5.41, 5.74) is 0.612. The van der Waals surface area contributed by atoms with Gasteiger partial charge in [-0.25, -0.2) is 19.1 Å². The van der Waals surface area contributed by atoms with Crippen molar-refractivity contribution >= 4 is 33.9 Å². The molecule has 3 rings (SSSR count). The molecule has 0 unspecified atom stereocenters. The minimum Gasteiger partial charge on any atom is -0.507 e. The van der Waals surface area contributed by atoms with Crippen molar-refractivity contribution in [3.8, 4) is 5.75 Å². The number of phenolic OH excluding ortho intramolecular Hbond substituents is 1. The number of aromatic nitrogens is 2. The van der Waals surface area contributed by atoms with Crippen LogP contribution in [0.1, 0.15) is 50.7 Å². The van der Waals surface area contributed by atoms with Crippen LogP contribution < -0.4 is 0 Å². The highest BCUT2D eigenvalue weighted by atomic mass is 16.6. The maximum Gasteiger partial charge on any atom is 0.419 e. The van der Waals surface area contributed by atoms with Gasteiger partial charge in [0.1, 0.15) is 11.4 Å². The van der Waals surface area contributed by atoms with Crippen molar-refractivity contribution < 1.29 is 28.9 Å². The molecule has 1 N–H and O–H groups in total. The molecule has 0 aliphatic rings. The third-order valence-electron chi connectivity index (χ3n) is 4.31. The average Bonchev–Trinajstić information content (AvgIpc) is 2.96. The number of fused-ring (bicyclic) bond motifs is 3. The summed E-state index contributed by atoms with van der Waals surface area (Å²) in [6.07, 6.45) is 0.465. The number of aromatic hydroxyl groups is 1. The van der Waals surface area contributed by atoms with E-state index in [4.69, 9.17) is 14.2 Å². The molecular formula is C22H26N2O6. The Bertz CT molecular complexity index is 1120. The van der Waals surface area contributed by atoms with Gasteiger partial charge in [0.25, 0.3) is 0 Å². The standard InChI is InChI=1S/C22H26N2O6/c1-12(2)29-20(26)19-13(11-28-6)17-15(10-23-19)24(21(27)30-22(3,4)5)14-8-7-9-16(25)18(14)17/h7-10,12,25H,11H2,1-6H3. The Morgan fingerprint density at radius 2 is 1.87 bits per heavy atom. The summed E-state index contributed by atoms with van der Waals surface area (Å²) in [5.74, 6) is -0.640. The Morgan fingerprint density at radius 3 is 2.47 bits per heavy atom. The van der Waals surface area contributed by atoms with Crippen LogP contribution in [0.2, 0.25) is 0 Å². The van der Waals surface area contributed by atoms with Crippen molar-refractivity contribution in [1.82, 2.24) is 9.55 Å². The van der Waals surface area contributed by atoms with E-state index in [0.717, 1.165) is 0 Å².